The number of aryl methyl sites for hydroxylation is 2. The molecule has 0 spiro atoms. The molecule has 1 heterocycles. The summed E-state index contributed by atoms with van der Waals surface area (Å²) in [6.07, 6.45) is 0. The van der Waals surface area contributed by atoms with Crippen LogP contribution < -0.4 is 0 Å². The second-order valence-electron chi connectivity index (χ2n) is 5.08. The van der Waals surface area contributed by atoms with Gasteiger partial charge in [0.25, 0.3) is 0 Å². The zero-order valence-electron chi connectivity index (χ0n) is 11.8. The van der Waals surface area contributed by atoms with Crippen molar-refractivity contribution in [1.82, 2.24) is 4.98 Å². The number of hydrogen-bond acceptors (Lipinski definition) is 1. The van der Waals surface area contributed by atoms with E-state index in [9.17, 15) is 0 Å². The van der Waals surface area contributed by atoms with Crippen LogP contribution in [0.25, 0.3) is 22.3 Å². The van der Waals surface area contributed by atoms with Crippen LogP contribution in [0.5, 0.6) is 0 Å². The first kappa shape index (κ1) is 12.6. The number of aromatic nitrogens is 1. The maximum Gasteiger partial charge on any atom is 0.0382 e. The quantitative estimate of drug-likeness (QED) is 0.628. The van der Waals surface area contributed by atoms with Crippen molar-refractivity contribution >= 4 is 0 Å². The summed E-state index contributed by atoms with van der Waals surface area (Å²) in [5.41, 5.74) is 7.09. The molecule has 3 aromatic rings. The van der Waals surface area contributed by atoms with Crippen molar-refractivity contribution in [3.63, 3.8) is 0 Å². The summed E-state index contributed by atoms with van der Waals surface area (Å²) in [5.74, 6) is 0. The fourth-order valence-electron chi connectivity index (χ4n) is 2.49. The van der Waals surface area contributed by atoms with E-state index in [1.807, 2.05) is 19.9 Å². The Bertz CT molecular complexity index is 692. The average molecular weight is 259 g/mol. The first-order valence-corrected chi connectivity index (χ1v) is 6.83. The molecule has 0 amide bonds. The minimum absolute atomic E-state index is 1.06. The fraction of sp³-hybridized carbons (Fsp3) is 0.105. The molecule has 1 aromatic heterocycles. The number of nitrogens with zero attached hydrogens (tertiary/aromatic N) is 1. The minimum atomic E-state index is 1.06. The van der Waals surface area contributed by atoms with Crippen LogP contribution >= 0.6 is 0 Å². The van der Waals surface area contributed by atoms with E-state index < -0.39 is 0 Å². The second kappa shape index (κ2) is 5.30. The molecule has 0 radical (unpaired) electrons. The van der Waals surface area contributed by atoms with Crippen molar-refractivity contribution in [2.24, 2.45) is 0 Å². The number of benzene rings is 2. The van der Waals surface area contributed by atoms with Crippen LogP contribution in [0.4, 0.5) is 0 Å². The summed E-state index contributed by atoms with van der Waals surface area (Å²) < 4.78 is 0. The first-order chi connectivity index (χ1) is 9.72. The number of pyridine rings is 1. The van der Waals surface area contributed by atoms with Gasteiger partial charge >= 0.3 is 0 Å². The van der Waals surface area contributed by atoms with Gasteiger partial charge in [0.15, 0.2) is 0 Å². The van der Waals surface area contributed by atoms with Crippen LogP contribution in [0.3, 0.4) is 0 Å². The van der Waals surface area contributed by atoms with E-state index in [0.29, 0.717) is 0 Å². The monoisotopic (exact) mass is 259 g/mol. The third kappa shape index (κ3) is 2.62. The Balaban J connectivity index is 1.97. The molecule has 0 atom stereocenters. The van der Waals surface area contributed by atoms with Gasteiger partial charge in [-0.15, -0.1) is 0 Å². The third-order valence-corrected chi connectivity index (χ3v) is 3.41. The van der Waals surface area contributed by atoms with E-state index in [2.05, 4.69) is 65.6 Å². The lowest BCUT2D eigenvalue weighted by Gasteiger charge is -2.06. The molecule has 3 rings (SSSR count). The Hall–Kier alpha value is -2.41. The Morgan fingerprint density at radius 1 is 0.550 bits per heavy atom. The van der Waals surface area contributed by atoms with Crippen molar-refractivity contribution < 1.29 is 0 Å². The lowest BCUT2D eigenvalue weighted by molar-refractivity contribution is 1.12. The fourth-order valence-corrected chi connectivity index (χ4v) is 2.49. The predicted molar refractivity (Wildman–Crippen MR) is 84.6 cm³/mol. The van der Waals surface area contributed by atoms with E-state index in [0.717, 1.165) is 11.4 Å². The first-order valence-electron chi connectivity index (χ1n) is 6.83. The van der Waals surface area contributed by atoms with Gasteiger partial charge in [0.05, 0.1) is 0 Å². The summed E-state index contributed by atoms with van der Waals surface area (Å²) >= 11 is 0. The molecule has 20 heavy (non-hydrogen) atoms. The average Bonchev–Trinajstić information content (AvgIpc) is 2.47. The van der Waals surface area contributed by atoms with Gasteiger partial charge in [0.2, 0.25) is 0 Å². The zero-order valence-corrected chi connectivity index (χ0v) is 11.8. The summed E-state index contributed by atoms with van der Waals surface area (Å²) in [6, 6.07) is 23.4. The molecule has 1 nitrogen and oxygen atoms in total. The second-order valence-corrected chi connectivity index (χ2v) is 5.08. The number of hydrogen-bond donors (Lipinski definition) is 0. The maximum atomic E-state index is 4.42. The third-order valence-electron chi connectivity index (χ3n) is 3.41. The largest absolute Gasteiger partial charge is 0.258 e. The molecule has 0 saturated carbocycles. The molecule has 0 saturated heterocycles. The van der Waals surface area contributed by atoms with Gasteiger partial charge in [-0.3, -0.25) is 4.98 Å². The normalized spacial score (nSPS) is 10.5. The lowest BCUT2D eigenvalue weighted by Crippen LogP contribution is -1.88. The van der Waals surface area contributed by atoms with E-state index in [1.54, 1.807) is 0 Å². The van der Waals surface area contributed by atoms with E-state index in [1.165, 1.54) is 22.3 Å². The van der Waals surface area contributed by atoms with Crippen molar-refractivity contribution in [3.8, 4) is 22.3 Å². The Kier molecular flexibility index (Phi) is 3.34. The highest BCUT2D eigenvalue weighted by atomic mass is 14.7. The molecule has 98 valence electrons. The standard InChI is InChI=1S/C19H17N/c1-14-12-19(13-15(2)20-14)18-10-8-17(9-11-18)16-6-4-3-5-7-16/h3-13H,1-2H3. The molecule has 1 heteroatoms. The molecule has 0 N–H and O–H groups in total. The zero-order chi connectivity index (χ0) is 13.9. The van der Waals surface area contributed by atoms with Crippen LogP contribution in [0.15, 0.2) is 66.7 Å². The molecule has 2 aromatic carbocycles. The molecule has 0 aliphatic rings. The van der Waals surface area contributed by atoms with Crippen LogP contribution in [0.1, 0.15) is 11.4 Å². The molecule has 0 fully saturated rings. The molecule has 0 unspecified atom stereocenters. The van der Waals surface area contributed by atoms with Crippen LogP contribution in [0, 0.1) is 13.8 Å². The topological polar surface area (TPSA) is 12.9 Å². The maximum absolute atomic E-state index is 4.42. The van der Waals surface area contributed by atoms with Crippen LogP contribution in [0.2, 0.25) is 0 Å². The van der Waals surface area contributed by atoms with Gasteiger partial charge in [-0.1, -0.05) is 54.6 Å². The van der Waals surface area contributed by atoms with Crippen molar-refractivity contribution in [2.75, 3.05) is 0 Å². The van der Waals surface area contributed by atoms with Crippen molar-refractivity contribution in [3.05, 3.63) is 78.1 Å². The van der Waals surface area contributed by atoms with Gasteiger partial charge in [-0.25, -0.2) is 0 Å². The molecule has 0 aliphatic carbocycles. The van der Waals surface area contributed by atoms with E-state index >= 15 is 0 Å². The molecule has 0 aliphatic heterocycles. The van der Waals surface area contributed by atoms with Gasteiger partial charge in [-0.05, 0) is 48.2 Å². The summed E-state index contributed by atoms with van der Waals surface area (Å²) in [6.45, 7) is 4.07. The molecular formula is C19H17N. The predicted octanol–water partition coefficient (Wildman–Crippen LogP) is 5.03. The van der Waals surface area contributed by atoms with Gasteiger partial charge < -0.3 is 0 Å². The van der Waals surface area contributed by atoms with Crippen molar-refractivity contribution in [2.45, 2.75) is 13.8 Å². The SMILES string of the molecule is Cc1cc(-c2ccc(-c3ccccc3)cc2)cc(C)n1. The van der Waals surface area contributed by atoms with E-state index in [4.69, 9.17) is 0 Å². The highest BCUT2D eigenvalue weighted by Crippen LogP contribution is 2.25. The highest BCUT2D eigenvalue weighted by Gasteiger charge is 2.02. The molecule has 0 bridgehead atoms. The van der Waals surface area contributed by atoms with Crippen molar-refractivity contribution in [1.29, 1.82) is 0 Å². The number of rotatable bonds is 2. The smallest absolute Gasteiger partial charge is 0.0382 e. The lowest BCUT2D eigenvalue weighted by atomic mass is 10.00. The van der Waals surface area contributed by atoms with Gasteiger partial charge in [-0.2, -0.15) is 0 Å². The van der Waals surface area contributed by atoms with Gasteiger partial charge in [0.1, 0.15) is 0 Å². The minimum Gasteiger partial charge on any atom is -0.258 e. The molecular weight excluding hydrogens is 242 g/mol. The highest BCUT2D eigenvalue weighted by molar-refractivity contribution is 5.70. The van der Waals surface area contributed by atoms with Gasteiger partial charge in [0, 0.05) is 11.4 Å². The van der Waals surface area contributed by atoms with Crippen LogP contribution in [-0.2, 0) is 0 Å². The Labute approximate surface area is 119 Å². The summed E-state index contributed by atoms with van der Waals surface area (Å²) in [4.78, 5) is 4.42. The van der Waals surface area contributed by atoms with E-state index in [-0.39, 0.29) is 0 Å². The summed E-state index contributed by atoms with van der Waals surface area (Å²) in [7, 11) is 0. The Morgan fingerprint density at radius 3 is 1.55 bits per heavy atom. The summed E-state index contributed by atoms with van der Waals surface area (Å²) in [5, 5.41) is 0. The Morgan fingerprint density at radius 2 is 1.00 bits per heavy atom. The van der Waals surface area contributed by atoms with Crippen LogP contribution in [-0.4, -0.2) is 4.98 Å².